The van der Waals surface area contributed by atoms with Gasteiger partial charge >= 0.3 is 5.97 Å². The maximum atomic E-state index is 13.1. The first kappa shape index (κ1) is 21.8. The lowest BCUT2D eigenvalue weighted by molar-refractivity contribution is -0.117. The van der Waals surface area contributed by atoms with Gasteiger partial charge in [0.2, 0.25) is 5.78 Å². The zero-order chi connectivity index (χ0) is 23.0. The summed E-state index contributed by atoms with van der Waals surface area (Å²) in [5.74, 6) is -2.75. The number of aromatic nitrogens is 1. The molecular weight excluding hydrogens is 456 g/mol. The molecule has 0 aliphatic carbocycles. The van der Waals surface area contributed by atoms with Crippen LogP contribution in [0.2, 0.25) is 5.02 Å². The highest BCUT2D eigenvalue weighted by Gasteiger charge is 2.46. The Morgan fingerprint density at radius 1 is 1.28 bits per heavy atom. The van der Waals surface area contributed by atoms with Crippen LogP contribution in [0.1, 0.15) is 44.4 Å². The molecule has 3 aromatic rings. The minimum Gasteiger partial charge on any atom is -0.503 e. The van der Waals surface area contributed by atoms with Crippen LogP contribution in [0.25, 0.3) is 0 Å². The Hall–Kier alpha value is -3.43. The van der Waals surface area contributed by atoms with Gasteiger partial charge in [0.15, 0.2) is 16.7 Å². The minimum absolute atomic E-state index is 0.0253. The number of rotatable bonds is 6. The highest BCUT2D eigenvalue weighted by Crippen LogP contribution is 2.44. The maximum Gasteiger partial charge on any atom is 0.350 e. The van der Waals surface area contributed by atoms with Crippen molar-refractivity contribution in [1.82, 2.24) is 4.98 Å². The van der Waals surface area contributed by atoms with Crippen molar-refractivity contribution in [3.8, 4) is 0 Å². The molecule has 8 nitrogen and oxygen atoms in total. The van der Waals surface area contributed by atoms with E-state index in [9.17, 15) is 19.5 Å². The first-order chi connectivity index (χ1) is 15.3. The van der Waals surface area contributed by atoms with Gasteiger partial charge in [-0.1, -0.05) is 35.1 Å². The molecule has 32 heavy (non-hydrogen) atoms. The fourth-order valence-electron chi connectivity index (χ4n) is 3.41. The van der Waals surface area contributed by atoms with Crippen LogP contribution in [0.3, 0.4) is 0 Å². The summed E-state index contributed by atoms with van der Waals surface area (Å²) in [5.41, 5.74) is 0.737. The Morgan fingerprint density at radius 3 is 2.62 bits per heavy atom. The first-order valence-electron chi connectivity index (χ1n) is 9.58. The molecule has 0 radical (unpaired) electrons. The monoisotopic (exact) mass is 472 g/mol. The molecule has 1 atom stereocenters. The van der Waals surface area contributed by atoms with E-state index in [1.807, 2.05) is 0 Å². The maximum absolute atomic E-state index is 13.1. The number of furan rings is 1. The molecule has 0 saturated carbocycles. The molecule has 0 fully saturated rings. The first-order valence-corrected chi connectivity index (χ1v) is 10.8. The number of Topliss-reactive ketones (excluding diaryl/α,β-unsaturated/α-hetero) is 1. The molecule has 4 rings (SSSR count). The van der Waals surface area contributed by atoms with Gasteiger partial charge in [0, 0.05) is 5.02 Å². The summed E-state index contributed by atoms with van der Waals surface area (Å²) in [6, 6.07) is 8.50. The quantitative estimate of drug-likeness (QED) is 0.410. The SMILES string of the molecule is CCOC(=O)c1sc(N2C(=O)C(O)=C(C(=O)c3ccco3)[C@@H]2c2ccc(Cl)cc2)nc1C. The molecule has 1 N–H and O–H groups in total. The van der Waals surface area contributed by atoms with Crippen LogP contribution < -0.4 is 4.90 Å². The molecule has 0 bridgehead atoms. The van der Waals surface area contributed by atoms with Gasteiger partial charge in [-0.05, 0) is 43.7 Å². The molecule has 0 spiro atoms. The van der Waals surface area contributed by atoms with E-state index in [4.69, 9.17) is 20.8 Å². The Balaban J connectivity index is 1.84. The van der Waals surface area contributed by atoms with Gasteiger partial charge in [-0.2, -0.15) is 0 Å². The summed E-state index contributed by atoms with van der Waals surface area (Å²) < 4.78 is 10.2. The van der Waals surface area contributed by atoms with Gasteiger partial charge < -0.3 is 14.3 Å². The molecule has 1 amide bonds. The third kappa shape index (κ3) is 3.69. The molecule has 10 heteroatoms. The lowest BCUT2D eigenvalue weighted by Gasteiger charge is -2.24. The number of esters is 1. The normalized spacial score (nSPS) is 16.0. The van der Waals surface area contributed by atoms with Crippen LogP contribution in [-0.4, -0.2) is 34.4 Å². The largest absolute Gasteiger partial charge is 0.503 e. The lowest BCUT2D eigenvalue weighted by Crippen LogP contribution is -2.31. The Labute approximate surface area is 191 Å². The average molecular weight is 473 g/mol. The van der Waals surface area contributed by atoms with E-state index < -0.39 is 29.5 Å². The lowest BCUT2D eigenvalue weighted by atomic mass is 9.95. The molecule has 1 aliphatic rings. The van der Waals surface area contributed by atoms with Gasteiger partial charge in [0.25, 0.3) is 5.91 Å². The van der Waals surface area contributed by atoms with E-state index >= 15 is 0 Å². The van der Waals surface area contributed by atoms with Crippen molar-refractivity contribution >= 4 is 45.7 Å². The molecular formula is C22H17ClN2O6S. The van der Waals surface area contributed by atoms with E-state index in [1.165, 1.54) is 23.3 Å². The smallest absolute Gasteiger partial charge is 0.350 e. The van der Waals surface area contributed by atoms with Gasteiger partial charge in [0.05, 0.1) is 30.2 Å². The highest BCUT2D eigenvalue weighted by molar-refractivity contribution is 7.17. The number of aryl methyl sites for hydroxylation is 1. The minimum atomic E-state index is -1.00. The number of benzene rings is 1. The number of ether oxygens (including phenoxy) is 1. The van der Waals surface area contributed by atoms with Crippen LogP contribution in [0, 0.1) is 6.92 Å². The third-order valence-electron chi connectivity index (χ3n) is 4.84. The van der Waals surface area contributed by atoms with E-state index in [2.05, 4.69) is 4.98 Å². The summed E-state index contributed by atoms with van der Waals surface area (Å²) in [6.45, 7) is 3.49. The number of aliphatic hydroxyl groups is 1. The number of halogens is 1. The van der Waals surface area contributed by atoms with Crippen molar-refractivity contribution < 1.29 is 28.6 Å². The Kier molecular flexibility index (Phi) is 5.86. The van der Waals surface area contributed by atoms with E-state index in [0.717, 1.165) is 11.3 Å². The van der Waals surface area contributed by atoms with Crippen molar-refractivity contribution in [2.75, 3.05) is 11.5 Å². The zero-order valence-corrected chi connectivity index (χ0v) is 18.6. The summed E-state index contributed by atoms with van der Waals surface area (Å²) in [7, 11) is 0. The van der Waals surface area contributed by atoms with Crippen LogP contribution in [-0.2, 0) is 9.53 Å². The fourth-order valence-corrected chi connectivity index (χ4v) is 4.52. The van der Waals surface area contributed by atoms with Crippen molar-refractivity contribution in [2.45, 2.75) is 19.9 Å². The average Bonchev–Trinajstić information content (AvgIpc) is 3.48. The zero-order valence-electron chi connectivity index (χ0n) is 17.0. The number of amides is 1. The molecule has 1 aromatic carbocycles. The number of thiazole rings is 1. The number of hydrogen-bond donors (Lipinski definition) is 1. The number of anilines is 1. The van der Waals surface area contributed by atoms with Gasteiger partial charge in [-0.25, -0.2) is 9.78 Å². The van der Waals surface area contributed by atoms with Crippen LogP contribution in [0.15, 0.2) is 58.4 Å². The molecule has 1 aliphatic heterocycles. The van der Waals surface area contributed by atoms with Gasteiger partial charge in [-0.15, -0.1) is 0 Å². The van der Waals surface area contributed by atoms with Gasteiger partial charge in [-0.3, -0.25) is 14.5 Å². The number of aliphatic hydroxyl groups excluding tert-OH is 1. The molecule has 164 valence electrons. The van der Waals surface area contributed by atoms with Crippen molar-refractivity contribution in [3.63, 3.8) is 0 Å². The predicted molar refractivity (Wildman–Crippen MR) is 117 cm³/mol. The summed E-state index contributed by atoms with van der Waals surface area (Å²) in [4.78, 5) is 44.3. The number of carbonyl (C=O) groups is 3. The second kappa shape index (κ2) is 8.60. The molecule has 3 heterocycles. The number of nitrogens with zero attached hydrogens (tertiary/aromatic N) is 2. The second-order valence-electron chi connectivity index (χ2n) is 6.83. The third-order valence-corrected chi connectivity index (χ3v) is 6.22. The van der Waals surface area contributed by atoms with Crippen molar-refractivity contribution in [1.29, 1.82) is 0 Å². The predicted octanol–water partition coefficient (Wildman–Crippen LogP) is 4.66. The second-order valence-corrected chi connectivity index (χ2v) is 8.24. The number of hydrogen-bond acceptors (Lipinski definition) is 8. The van der Waals surface area contributed by atoms with Crippen LogP contribution in [0.5, 0.6) is 0 Å². The standard InChI is InChI=1S/C22H17ClN2O6S/c1-3-30-21(29)19-11(2)24-22(32-19)25-16(12-6-8-13(23)9-7-12)15(18(27)20(25)28)17(26)14-5-4-10-31-14/h4-10,16,27H,3H2,1-2H3/t16-/m0/s1. The molecule has 2 aromatic heterocycles. The van der Waals surface area contributed by atoms with Crippen molar-refractivity contribution in [3.05, 3.63) is 80.9 Å². The number of carbonyl (C=O) groups excluding carboxylic acids is 3. The summed E-state index contributed by atoms with van der Waals surface area (Å²) in [6.07, 6.45) is 1.33. The molecule has 0 saturated heterocycles. The summed E-state index contributed by atoms with van der Waals surface area (Å²) in [5, 5.41) is 11.3. The highest BCUT2D eigenvalue weighted by atomic mass is 35.5. The Morgan fingerprint density at radius 2 is 2.00 bits per heavy atom. The number of ketones is 1. The fraction of sp³-hybridized carbons (Fsp3) is 0.182. The summed E-state index contributed by atoms with van der Waals surface area (Å²) >= 11 is 6.96. The van der Waals surface area contributed by atoms with E-state index in [1.54, 1.807) is 38.1 Å². The van der Waals surface area contributed by atoms with Crippen molar-refractivity contribution in [2.24, 2.45) is 0 Å². The van der Waals surface area contributed by atoms with Gasteiger partial charge in [0.1, 0.15) is 4.88 Å². The van der Waals surface area contributed by atoms with Crippen LogP contribution in [0.4, 0.5) is 5.13 Å². The Bertz CT molecular complexity index is 1230. The molecule has 0 unspecified atom stereocenters. The topological polar surface area (TPSA) is 110 Å². The van der Waals surface area contributed by atoms with E-state index in [0.29, 0.717) is 16.3 Å². The van der Waals surface area contributed by atoms with E-state index in [-0.39, 0.29) is 27.9 Å². The van der Waals surface area contributed by atoms with Crippen LogP contribution >= 0.6 is 22.9 Å².